The van der Waals surface area contributed by atoms with Gasteiger partial charge in [-0.25, -0.2) is 9.37 Å². The molecular weight excluding hydrogens is 291 g/mol. The molecule has 0 spiro atoms. The second-order valence-corrected chi connectivity index (χ2v) is 5.72. The highest BCUT2D eigenvalue weighted by Crippen LogP contribution is 2.19. The Morgan fingerprint density at radius 1 is 1.17 bits per heavy atom. The monoisotopic (exact) mass is 308 g/mol. The van der Waals surface area contributed by atoms with Gasteiger partial charge in [0.2, 0.25) is 0 Å². The van der Waals surface area contributed by atoms with Crippen LogP contribution in [0.4, 0.5) is 4.39 Å². The van der Waals surface area contributed by atoms with E-state index in [0.29, 0.717) is 29.7 Å². The molecule has 2 aromatic heterocycles. The average molecular weight is 308 g/mol. The molecule has 0 saturated heterocycles. The minimum atomic E-state index is -0.189. The van der Waals surface area contributed by atoms with Gasteiger partial charge < -0.3 is 0 Å². The predicted molar refractivity (Wildman–Crippen MR) is 85.7 cm³/mol. The van der Waals surface area contributed by atoms with Gasteiger partial charge in [0.25, 0.3) is 0 Å². The van der Waals surface area contributed by atoms with Crippen LogP contribution in [0.1, 0.15) is 33.9 Å². The highest BCUT2D eigenvalue weighted by Gasteiger charge is 2.14. The lowest BCUT2D eigenvalue weighted by Gasteiger charge is -2.09. The molecule has 3 aromatic rings. The van der Waals surface area contributed by atoms with E-state index in [2.05, 4.69) is 16.0 Å². The number of aryl methyl sites for hydroxylation is 4. The molecule has 23 heavy (non-hydrogen) atoms. The Morgan fingerprint density at radius 2 is 1.96 bits per heavy atom. The number of fused-ring (bicyclic) bond motifs is 1. The van der Waals surface area contributed by atoms with Crippen LogP contribution in [-0.2, 0) is 12.8 Å². The Balaban J connectivity index is 2.02. The van der Waals surface area contributed by atoms with Gasteiger partial charge in [-0.05, 0) is 50.8 Å². The minimum Gasteiger partial charge on any atom is -0.300 e. The van der Waals surface area contributed by atoms with Crippen molar-refractivity contribution < 1.29 is 4.39 Å². The van der Waals surface area contributed by atoms with Crippen LogP contribution in [0, 0.1) is 37.9 Å². The van der Waals surface area contributed by atoms with E-state index in [0.717, 1.165) is 22.6 Å². The molecular formula is C18H17FN4. The summed E-state index contributed by atoms with van der Waals surface area (Å²) in [6.07, 6.45) is 3.00. The van der Waals surface area contributed by atoms with E-state index >= 15 is 0 Å². The van der Waals surface area contributed by atoms with Gasteiger partial charge in [0.1, 0.15) is 11.9 Å². The van der Waals surface area contributed by atoms with E-state index in [1.54, 1.807) is 6.07 Å². The summed E-state index contributed by atoms with van der Waals surface area (Å²) in [5.74, 6) is -0.189. The zero-order valence-corrected chi connectivity index (χ0v) is 13.4. The first-order chi connectivity index (χ1) is 11.0. The molecule has 0 aliphatic heterocycles. The van der Waals surface area contributed by atoms with Crippen molar-refractivity contribution in [3.63, 3.8) is 0 Å². The number of imidazole rings is 1. The molecule has 0 aliphatic rings. The fourth-order valence-electron chi connectivity index (χ4n) is 2.85. The van der Waals surface area contributed by atoms with E-state index in [1.165, 1.54) is 6.07 Å². The van der Waals surface area contributed by atoms with Gasteiger partial charge >= 0.3 is 0 Å². The summed E-state index contributed by atoms with van der Waals surface area (Å²) in [5, 5.41) is 9.16. The quantitative estimate of drug-likeness (QED) is 0.744. The zero-order chi connectivity index (χ0) is 16.6. The third-order valence-corrected chi connectivity index (χ3v) is 4.11. The number of hydrogen-bond donors (Lipinski definition) is 0. The Morgan fingerprint density at radius 3 is 2.65 bits per heavy atom. The molecule has 116 valence electrons. The van der Waals surface area contributed by atoms with Crippen molar-refractivity contribution in [2.45, 2.75) is 33.6 Å². The van der Waals surface area contributed by atoms with Crippen molar-refractivity contribution in [3.05, 3.63) is 64.1 Å². The molecule has 0 fully saturated rings. The van der Waals surface area contributed by atoms with Crippen molar-refractivity contribution in [1.82, 2.24) is 14.4 Å². The summed E-state index contributed by atoms with van der Waals surface area (Å²) in [4.78, 5) is 8.92. The number of hydrogen-bond acceptors (Lipinski definition) is 3. The van der Waals surface area contributed by atoms with E-state index < -0.39 is 0 Å². The average Bonchev–Trinajstić information content (AvgIpc) is 2.83. The number of rotatable bonds is 3. The van der Waals surface area contributed by atoms with Gasteiger partial charge in [0.15, 0.2) is 11.3 Å². The summed E-state index contributed by atoms with van der Waals surface area (Å²) in [5.41, 5.74) is 5.17. The third-order valence-electron chi connectivity index (χ3n) is 4.11. The fourth-order valence-corrected chi connectivity index (χ4v) is 2.85. The van der Waals surface area contributed by atoms with Crippen LogP contribution in [0.2, 0.25) is 0 Å². The highest BCUT2D eigenvalue weighted by atomic mass is 19.1. The van der Waals surface area contributed by atoms with Crippen LogP contribution in [0.5, 0.6) is 0 Å². The van der Waals surface area contributed by atoms with Gasteiger partial charge in [-0.15, -0.1) is 0 Å². The van der Waals surface area contributed by atoms with Crippen LogP contribution in [0.3, 0.4) is 0 Å². The molecule has 4 nitrogen and oxygen atoms in total. The van der Waals surface area contributed by atoms with Gasteiger partial charge in [-0.3, -0.25) is 9.38 Å². The van der Waals surface area contributed by atoms with Crippen LogP contribution >= 0.6 is 0 Å². The lowest BCUT2D eigenvalue weighted by Crippen LogP contribution is -2.04. The topological polar surface area (TPSA) is 54.0 Å². The Kier molecular flexibility index (Phi) is 3.83. The predicted octanol–water partition coefficient (Wildman–Crippen LogP) is 3.45. The number of halogens is 1. The molecule has 0 bridgehead atoms. The number of benzene rings is 1. The van der Waals surface area contributed by atoms with Crippen molar-refractivity contribution in [2.24, 2.45) is 0 Å². The van der Waals surface area contributed by atoms with Crippen LogP contribution in [-0.4, -0.2) is 14.4 Å². The van der Waals surface area contributed by atoms with Gasteiger partial charge in [0, 0.05) is 6.20 Å². The minimum absolute atomic E-state index is 0.189. The maximum atomic E-state index is 14.0. The second-order valence-electron chi connectivity index (χ2n) is 5.72. The smallest absolute Gasteiger partial charge is 0.162 e. The van der Waals surface area contributed by atoms with E-state index in [1.807, 2.05) is 37.4 Å². The summed E-state index contributed by atoms with van der Waals surface area (Å²) >= 11 is 0. The first-order valence-electron chi connectivity index (χ1n) is 7.50. The first-order valence-corrected chi connectivity index (χ1v) is 7.50. The van der Waals surface area contributed by atoms with E-state index in [4.69, 9.17) is 5.26 Å². The molecule has 0 atom stereocenters. The molecule has 0 unspecified atom stereocenters. The molecule has 1 aromatic carbocycles. The SMILES string of the molecule is Cc1cn2c(C)c(C#N)nc2c(CCc2c(C)cccc2F)n1. The van der Waals surface area contributed by atoms with Crippen LogP contribution in [0.25, 0.3) is 5.65 Å². The maximum Gasteiger partial charge on any atom is 0.162 e. The van der Waals surface area contributed by atoms with Crippen molar-refractivity contribution in [3.8, 4) is 6.07 Å². The zero-order valence-electron chi connectivity index (χ0n) is 13.4. The van der Waals surface area contributed by atoms with Crippen LogP contribution < -0.4 is 0 Å². The number of aromatic nitrogens is 3. The largest absolute Gasteiger partial charge is 0.300 e. The second kappa shape index (κ2) is 5.81. The first kappa shape index (κ1) is 15.2. The third kappa shape index (κ3) is 2.68. The lowest BCUT2D eigenvalue weighted by atomic mass is 10.0. The molecule has 3 rings (SSSR count). The van der Waals surface area contributed by atoms with Crippen molar-refractivity contribution >= 4 is 5.65 Å². The molecule has 0 N–H and O–H groups in total. The number of nitriles is 1. The van der Waals surface area contributed by atoms with Crippen molar-refractivity contribution in [1.29, 1.82) is 5.26 Å². The summed E-state index contributed by atoms with van der Waals surface area (Å²) in [7, 11) is 0. The Hall–Kier alpha value is -2.74. The molecule has 5 heteroatoms. The van der Waals surface area contributed by atoms with E-state index in [9.17, 15) is 4.39 Å². The summed E-state index contributed by atoms with van der Waals surface area (Å²) < 4.78 is 15.9. The fraction of sp³-hybridized carbons (Fsp3) is 0.278. The standard InChI is InChI=1S/C18H17FN4/c1-11-5-4-6-15(19)14(11)7-8-16-18-22-17(9-20)13(3)23(18)10-12(2)21-16/h4-6,10H,7-8H2,1-3H3. The normalized spacial score (nSPS) is 10.9. The Bertz CT molecular complexity index is 914. The van der Waals surface area contributed by atoms with Crippen molar-refractivity contribution in [2.75, 3.05) is 0 Å². The molecule has 0 aliphatic carbocycles. The highest BCUT2D eigenvalue weighted by molar-refractivity contribution is 5.51. The Labute approximate surface area is 134 Å². The molecule has 0 saturated carbocycles. The van der Waals surface area contributed by atoms with Gasteiger partial charge in [-0.1, -0.05) is 12.1 Å². The summed E-state index contributed by atoms with van der Waals surface area (Å²) in [6.45, 7) is 5.68. The number of nitrogens with zero attached hydrogens (tertiary/aromatic N) is 4. The maximum absolute atomic E-state index is 14.0. The lowest BCUT2D eigenvalue weighted by molar-refractivity contribution is 0.606. The van der Waals surface area contributed by atoms with Crippen LogP contribution in [0.15, 0.2) is 24.4 Å². The molecule has 0 amide bonds. The summed E-state index contributed by atoms with van der Waals surface area (Å²) in [6, 6.07) is 7.21. The van der Waals surface area contributed by atoms with Gasteiger partial charge in [0.05, 0.1) is 17.1 Å². The molecule has 0 radical (unpaired) electrons. The van der Waals surface area contributed by atoms with Gasteiger partial charge in [-0.2, -0.15) is 5.26 Å². The molecule has 2 heterocycles. The van der Waals surface area contributed by atoms with E-state index in [-0.39, 0.29) is 5.82 Å².